The van der Waals surface area contributed by atoms with E-state index in [0.29, 0.717) is 53.2 Å². The molecule has 8 nitrogen and oxygen atoms in total. The molecule has 3 aliphatic rings. The zero-order valence-electron chi connectivity index (χ0n) is 30.0. The van der Waals surface area contributed by atoms with Gasteiger partial charge in [-0.25, -0.2) is 4.98 Å². The number of rotatable bonds is 7. The third-order valence-electron chi connectivity index (χ3n) is 10.6. The Morgan fingerprint density at radius 2 is 1.70 bits per heavy atom. The molecule has 270 valence electrons. The number of amides is 2. The van der Waals surface area contributed by atoms with Crippen LogP contribution in [0, 0.1) is 11.8 Å². The van der Waals surface area contributed by atoms with Gasteiger partial charge in [-0.2, -0.15) is 0 Å². The van der Waals surface area contributed by atoms with E-state index in [9.17, 15) is 9.59 Å². The third-order valence-corrected chi connectivity index (χ3v) is 11.1. The quantitative estimate of drug-likeness (QED) is 0.154. The van der Waals surface area contributed by atoms with Gasteiger partial charge in [0, 0.05) is 64.0 Å². The molecule has 3 N–H and O–H groups in total. The Hall–Kier alpha value is -5.05. The smallest absolute Gasteiger partial charge is 0.272 e. The number of benzene rings is 3. The number of carbonyl (C=O) groups is 2. The Balaban J connectivity index is 1.25. The standard InChI is InChI=1S/C43H42Cl2N6O2/c1-25(2)47-42(52)29-17-21-50(22-18-29)41-33(12-7-19-46-41)49-43(53)38-37-36-32(23-31(45)24-34(36)48-38)39(28-13-15-30(44)16-14-28)51-20-8-9-26(3)35(40(37)51)27-10-5-4-6-11-27/h4-8,10-16,19-20,23-26,29,39,48H,9,17-18,21-22H2,1-3H3,(H,47,52)(H,49,53). The number of halogens is 2. The molecular formula is C43H42Cl2N6O2. The van der Waals surface area contributed by atoms with Gasteiger partial charge in [-0.05, 0) is 97.7 Å². The normalized spacial score (nSPS) is 18.7. The van der Waals surface area contributed by atoms with Crippen LogP contribution in [-0.4, -0.2) is 45.8 Å². The average molecular weight is 746 g/mol. The summed E-state index contributed by atoms with van der Waals surface area (Å²) >= 11 is 13.3. The summed E-state index contributed by atoms with van der Waals surface area (Å²) < 4.78 is 0. The molecule has 1 saturated heterocycles. The summed E-state index contributed by atoms with van der Waals surface area (Å²) in [6.45, 7) is 7.53. The van der Waals surface area contributed by atoms with Crippen molar-refractivity contribution in [3.05, 3.63) is 135 Å². The van der Waals surface area contributed by atoms with Crippen LogP contribution in [0.1, 0.15) is 78.8 Å². The van der Waals surface area contributed by atoms with E-state index in [0.717, 1.165) is 50.8 Å². The summed E-state index contributed by atoms with van der Waals surface area (Å²) in [6.07, 6.45) is 8.39. The third kappa shape index (κ3) is 6.59. The van der Waals surface area contributed by atoms with E-state index in [1.54, 1.807) is 6.20 Å². The number of hydrogen-bond acceptors (Lipinski definition) is 5. The summed E-state index contributed by atoms with van der Waals surface area (Å²) in [5.74, 6) is 0.630. The molecule has 0 saturated carbocycles. The second-order valence-electron chi connectivity index (χ2n) is 14.6. The number of fused-ring (bicyclic) bond motifs is 2. The van der Waals surface area contributed by atoms with Crippen molar-refractivity contribution in [3.8, 4) is 0 Å². The minimum absolute atomic E-state index is 0.0429. The van der Waals surface area contributed by atoms with Crippen LogP contribution in [0.15, 0.2) is 97.3 Å². The van der Waals surface area contributed by atoms with Crippen LogP contribution in [0.5, 0.6) is 0 Å². The maximum Gasteiger partial charge on any atom is 0.272 e. The molecule has 0 aliphatic carbocycles. The summed E-state index contributed by atoms with van der Waals surface area (Å²) in [7, 11) is 0. The fourth-order valence-corrected chi connectivity index (χ4v) is 8.59. The van der Waals surface area contributed by atoms with Gasteiger partial charge in [0.2, 0.25) is 5.91 Å². The number of anilines is 2. The van der Waals surface area contributed by atoms with Gasteiger partial charge >= 0.3 is 0 Å². The summed E-state index contributed by atoms with van der Waals surface area (Å²) in [6, 6.07) is 26.0. The maximum absolute atomic E-state index is 14.8. The number of nitrogens with zero attached hydrogens (tertiary/aromatic N) is 3. The van der Waals surface area contributed by atoms with Gasteiger partial charge in [-0.1, -0.05) is 78.7 Å². The van der Waals surface area contributed by atoms with Gasteiger partial charge in [0.05, 0.1) is 17.4 Å². The van der Waals surface area contributed by atoms with E-state index >= 15 is 0 Å². The Kier molecular flexibility index (Phi) is 9.52. The van der Waals surface area contributed by atoms with Crippen LogP contribution in [0.2, 0.25) is 10.0 Å². The summed E-state index contributed by atoms with van der Waals surface area (Å²) in [5, 5.41) is 8.51. The lowest BCUT2D eigenvalue weighted by Gasteiger charge is -2.39. The number of pyridine rings is 1. The number of aromatic amines is 1. The van der Waals surface area contributed by atoms with Crippen LogP contribution in [0.4, 0.5) is 11.5 Å². The molecule has 53 heavy (non-hydrogen) atoms. The highest BCUT2D eigenvalue weighted by Gasteiger charge is 2.40. The number of carbonyl (C=O) groups excluding carboxylic acids is 2. The zero-order valence-corrected chi connectivity index (χ0v) is 31.5. The highest BCUT2D eigenvalue weighted by molar-refractivity contribution is 6.32. The van der Waals surface area contributed by atoms with E-state index in [1.807, 2.05) is 56.3 Å². The molecule has 5 aromatic rings. The number of piperidine rings is 1. The predicted octanol–water partition coefficient (Wildman–Crippen LogP) is 9.69. The van der Waals surface area contributed by atoms with E-state index in [-0.39, 0.29) is 35.7 Å². The van der Waals surface area contributed by atoms with Crippen LogP contribution in [-0.2, 0) is 4.79 Å². The average Bonchev–Trinajstić information content (AvgIpc) is 3.44. The minimum Gasteiger partial charge on any atom is -0.355 e. The lowest BCUT2D eigenvalue weighted by atomic mass is 9.82. The monoisotopic (exact) mass is 744 g/mol. The van der Waals surface area contributed by atoms with Crippen molar-refractivity contribution < 1.29 is 9.59 Å². The van der Waals surface area contributed by atoms with Crippen molar-refractivity contribution in [1.29, 1.82) is 0 Å². The first-order valence-corrected chi connectivity index (χ1v) is 19.1. The van der Waals surface area contributed by atoms with Gasteiger partial charge in [-0.3, -0.25) is 9.59 Å². The molecular weight excluding hydrogens is 703 g/mol. The minimum atomic E-state index is -0.274. The molecule has 2 aromatic heterocycles. The Morgan fingerprint density at radius 1 is 0.943 bits per heavy atom. The first kappa shape index (κ1) is 35.0. The van der Waals surface area contributed by atoms with Gasteiger partial charge < -0.3 is 25.4 Å². The number of nitrogens with one attached hydrogen (secondary N) is 3. The molecule has 8 rings (SSSR count). The molecule has 0 radical (unpaired) electrons. The molecule has 2 atom stereocenters. The number of hydrogen-bond donors (Lipinski definition) is 3. The van der Waals surface area contributed by atoms with Crippen molar-refractivity contribution in [2.75, 3.05) is 23.3 Å². The second-order valence-corrected chi connectivity index (χ2v) is 15.4. The van der Waals surface area contributed by atoms with Crippen LogP contribution in [0.3, 0.4) is 0 Å². The second kappa shape index (κ2) is 14.4. The summed E-state index contributed by atoms with van der Waals surface area (Å²) in [5.41, 5.74) is 8.02. The van der Waals surface area contributed by atoms with E-state index in [1.165, 1.54) is 0 Å². The van der Waals surface area contributed by atoms with Crippen LogP contribution in [0.25, 0.3) is 22.2 Å². The molecule has 2 unspecified atom stereocenters. The zero-order chi connectivity index (χ0) is 36.8. The Labute approximate surface area is 319 Å². The van der Waals surface area contributed by atoms with Crippen molar-refractivity contribution in [2.24, 2.45) is 11.8 Å². The fraction of sp³-hybridized carbons (Fsp3) is 0.279. The van der Waals surface area contributed by atoms with E-state index in [4.69, 9.17) is 28.2 Å². The van der Waals surface area contributed by atoms with Crippen LogP contribution >= 0.6 is 23.2 Å². The van der Waals surface area contributed by atoms with Gasteiger partial charge in [0.25, 0.3) is 5.91 Å². The van der Waals surface area contributed by atoms with Gasteiger partial charge in [0.15, 0.2) is 5.82 Å². The number of allylic oxidation sites excluding steroid dienone is 2. The fourth-order valence-electron chi connectivity index (χ4n) is 8.23. The maximum atomic E-state index is 14.8. The van der Waals surface area contributed by atoms with Gasteiger partial charge in [0.1, 0.15) is 5.69 Å². The Morgan fingerprint density at radius 3 is 2.43 bits per heavy atom. The highest BCUT2D eigenvalue weighted by atomic mass is 35.5. The predicted molar refractivity (Wildman–Crippen MR) is 215 cm³/mol. The first-order valence-electron chi connectivity index (χ1n) is 18.3. The largest absolute Gasteiger partial charge is 0.355 e. The topological polar surface area (TPSA) is 93.4 Å². The molecule has 0 bridgehead atoms. The van der Waals surface area contributed by atoms with Gasteiger partial charge in [-0.15, -0.1) is 0 Å². The molecule has 5 heterocycles. The van der Waals surface area contributed by atoms with Crippen molar-refractivity contribution in [1.82, 2.24) is 20.2 Å². The SMILES string of the molecule is CC(C)NC(=O)C1CCN(c2ncccc2NC(=O)c2[nH]c3cc(Cl)cc4c3c2C2=C(c3ccccc3)C(C)CC=CN2C4c2ccc(Cl)cc2)CC1. The van der Waals surface area contributed by atoms with Crippen LogP contribution < -0.4 is 15.5 Å². The summed E-state index contributed by atoms with van der Waals surface area (Å²) in [4.78, 5) is 40.3. The van der Waals surface area contributed by atoms with Crippen molar-refractivity contribution in [2.45, 2.75) is 52.1 Å². The first-order chi connectivity index (χ1) is 25.7. The number of H-pyrrole nitrogens is 1. The molecule has 10 heteroatoms. The molecule has 2 amide bonds. The lowest BCUT2D eigenvalue weighted by Crippen LogP contribution is -2.42. The molecule has 1 fully saturated rings. The molecule has 3 aromatic carbocycles. The van der Waals surface area contributed by atoms with Crippen molar-refractivity contribution >= 4 is 68.7 Å². The van der Waals surface area contributed by atoms with E-state index < -0.39 is 0 Å². The lowest BCUT2D eigenvalue weighted by molar-refractivity contribution is -0.126. The van der Waals surface area contributed by atoms with E-state index in [2.05, 4.69) is 81.0 Å². The van der Waals surface area contributed by atoms with Crippen molar-refractivity contribution in [3.63, 3.8) is 0 Å². The molecule has 0 spiro atoms. The number of aromatic nitrogens is 2. The Bertz CT molecular complexity index is 2250. The molecule has 3 aliphatic heterocycles. The highest BCUT2D eigenvalue weighted by Crippen LogP contribution is 2.53.